The second-order valence-electron chi connectivity index (χ2n) is 4.16. The first-order valence-electron chi connectivity index (χ1n) is 6.62. The van der Waals surface area contributed by atoms with Gasteiger partial charge in [0.05, 0.1) is 0 Å². The van der Waals surface area contributed by atoms with Crippen LogP contribution in [0.5, 0.6) is 0 Å². The summed E-state index contributed by atoms with van der Waals surface area (Å²) in [6.07, 6.45) is 12.0. The minimum absolute atomic E-state index is 0.658. The van der Waals surface area contributed by atoms with Crippen molar-refractivity contribution < 1.29 is 9.84 Å². The van der Waals surface area contributed by atoms with Gasteiger partial charge in [0.2, 0.25) is 6.29 Å². The number of rotatable bonds is 9. The van der Waals surface area contributed by atoms with Crippen LogP contribution in [0.3, 0.4) is 0 Å². The summed E-state index contributed by atoms with van der Waals surface area (Å²) >= 11 is 0. The Morgan fingerprint density at radius 3 is 2.38 bits per heavy atom. The minimum atomic E-state index is -0.706. The lowest BCUT2D eigenvalue weighted by Gasteiger charge is -2.04. The third-order valence-electron chi connectivity index (χ3n) is 2.46. The molecule has 0 saturated heterocycles. The first-order chi connectivity index (χ1) is 7.81. The van der Waals surface area contributed by atoms with Crippen LogP contribution in [0.2, 0.25) is 0 Å². The van der Waals surface area contributed by atoms with Crippen LogP contribution < -0.4 is 0 Å². The number of ether oxygens (including phenoxy) is 1. The molecule has 0 aromatic rings. The van der Waals surface area contributed by atoms with Crippen molar-refractivity contribution in [3.05, 3.63) is 0 Å². The topological polar surface area (TPSA) is 29.5 Å². The van der Waals surface area contributed by atoms with Crippen molar-refractivity contribution in [3.8, 4) is 12.0 Å². The third-order valence-corrected chi connectivity index (χ3v) is 2.46. The lowest BCUT2D eigenvalue weighted by atomic mass is 10.1. The molecule has 0 aromatic heterocycles. The molecule has 94 valence electrons. The first kappa shape index (κ1) is 15.3. The highest BCUT2D eigenvalue weighted by atomic mass is 16.6. The smallest absolute Gasteiger partial charge is 0.207 e. The Bertz CT molecular complexity index is 191. The second kappa shape index (κ2) is 12.4. The molecule has 1 unspecified atom stereocenters. The lowest BCUT2D eigenvalue weighted by Crippen LogP contribution is -2.06. The van der Waals surface area contributed by atoms with Crippen LogP contribution in [0.1, 0.15) is 71.6 Å². The van der Waals surface area contributed by atoms with E-state index in [0.717, 1.165) is 19.3 Å². The van der Waals surface area contributed by atoms with Crippen molar-refractivity contribution in [2.45, 2.75) is 77.9 Å². The minimum Gasteiger partial charge on any atom is -0.415 e. The number of unbranched alkanes of at least 4 members (excludes halogenated alkanes) is 6. The van der Waals surface area contributed by atoms with Crippen LogP contribution in [0, 0.1) is 12.0 Å². The molecule has 1 N–H and O–H groups in total. The van der Waals surface area contributed by atoms with Gasteiger partial charge in [-0.1, -0.05) is 58.3 Å². The standard InChI is InChI=1S/C14H26O2/c1-3-5-6-7-8-9-10-11-13-16-14(15)12-4-2/h14-15H,3-10,12H2,1-2H3. The fourth-order valence-electron chi connectivity index (χ4n) is 1.46. The highest BCUT2D eigenvalue weighted by Crippen LogP contribution is 2.06. The molecule has 16 heavy (non-hydrogen) atoms. The monoisotopic (exact) mass is 226 g/mol. The Morgan fingerprint density at radius 2 is 1.69 bits per heavy atom. The molecular weight excluding hydrogens is 200 g/mol. The predicted octanol–water partition coefficient (Wildman–Crippen LogP) is 3.83. The summed E-state index contributed by atoms with van der Waals surface area (Å²) < 4.78 is 4.92. The van der Waals surface area contributed by atoms with Crippen molar-refractivity contribution in [2.24, 2.45) is 0 Å². The molecule has 0 spiro atoms. The largest absolute Gasteiger partial charge is 0.415 e. The van der Waals surface area contributed by atoms with Crippen LogP contribution in [0.25, 0.3) is 0 Å². The van der Waals surface area contributed by atoms with Gasteiger partial charge < -0.3 is 9.84 Å². The summed E-state index contributed by atoms with van der Waals surface area (Å²) in [6, 6.07) is 0. The average Bonchev–Trinajstić information content (AvgIpc) is 2.27. The Labute approximate surface area is 100 Å². The third kappa shape index (κ3) is 11.4. The molecular formula is C14H26O2. The molecule has 0 heterocycles. The molecule has 0 aliphatic heterocycles. The molecule has 0 aromatic carbocycles. The molecule has 0 saturated carbocycles. The molecule has 1 atom stereocenters. The number of hydrogen-bond donors (Lipinski definition) is 1. The summed E-state index contributed by atoms with van der Waals surface area (Å²) in [5, 5.41) is 9.22. The van der Waals surface area contributed by atoms with Crippen molar-refractivity contribution >= 4 is 0 Å². The quantitative estimate of drug-likeness (QED) is 0.368. The van der Waals surface area contributed by atoms with Gasteiger partial charge in [-0.15, -0.1) is 0 Å². The van der Waals surface area contributed by atoms with E-state index in [1.54, 1.807) is 0 Å². The molecule has 0 bridgehead atoms. The van der Waals surface area contributed by atoms with Gasteiger partial charge in [0, 0.05) is 12.8 Å². The fourth-order valence-corrected chi connectivity index (χ4v) is 1.46. The van der Waals surface area contributed by atoms with E-state index in [1.165, 1.54) is 32.1 Å². The Kier molecular flexibility index (Phi) is 11.9. The van der Waals surface area contributed by atoms with Gasteiger partial charge in [-0.2, -0.15) is 0 Å². The molecule has 0 aliphatic carbocycles. The van der Waals surface area contributed by atoms with E-state index in [2.05, 4.69) is 19.0 Å². The highest BCUT2D eigenvalue weighted by Gasteiger charge is 1.98. The highest BCUT2D eigenvalue weighted by molar-refractivity contribution is 4.91. The van der Waals surface area contributed by atoms with Crippen molar-refractivity contribution in [1.82, 2.24) is 0 Å². The van der Waals surface area contributed by atoms with Crippen LogP contribution in [0.15, 0.2) is 0 Å². The van der Waals surface area contributed by atoms with E-state index >= 15 is 0 Å². The Morgan fingerprint density at radius 1 is 1.00 bits per heavy atom. The maximum Gasteiger partial charge on any atom is 0.207 e. The van der Waals surface area contributed by atoms with Crippen molar-refractivity contribution in [3.63, 3.8) is 0 Å². The zero-order chi connectivity index (χ0) is 12.1. The first-order valence-corrected chi connectivity index (χ1v) is 6.62. The van der Waals surface area contributed by atoms with Crippen molar-refractivity contribution in [2.75, 3.05) is 0 Å². The van der Waals surface area contributed by atoms with Crippen molar-refractivity contribution in [1.29, 1.82) is 0 Å². The van der Waals surface area contributed by atoms with E-state index in [0.29, 0.717) is 6.42 Å². The Hall–Kier alpha value is -0.680. The molecule has 2 nitrogen and oxygen atoms in total. The van der Waals surface area contributed by atoms with Crippen LogP contribution in [0.4, 0.5) is 0 Å². The number of aliphatic hydroxyl groups is 1. The van der Waals surface area contributed by atoms with E-state index < -0.39 is 6.29 Å². The predicted molar refractivity (Wildman–Crippen MR) is 67.8 cm³/mol. The van der Waals surface area contributed by atoms with Gasteiger partial charge in [-0.3, -0.25) is 0 Å². The van der Waals surface area contributed by atoms with Crippen LogP contribution in [-0.2, 0) is 4.74 Å². The van der Waals surface area contributed by atoms with E-state index in [-0.39, 0.29) is 0 Å². The second-order valence-corrected chi connectivity index (χ2v) is 4.16. The van der Waals surface area contributed by atoms with Gasteiger partial charge in [-0.25, -0.2) is 0 Å². The number of hydrogen-bond acceptors (Lipinski definition) is 2. The van der Waals surface area contributed by atoms with Gasteiger partial charge in [0.1, 0.15) is 6.11 Å². The van der Waals surface area contributed by atoms with E-state index in [1.807, 2.05) is 6.92 Å². The normalized spacial score (nSPS) is 11.7. The van der Waals surface area contributed by atoms with Gasteiger partial charge >= 0.3 is 0 Å². The molecule has 2 heteroatoms. The molecule has 0 rings (SSSR count). The molecule has 0 amide bonds. The number of aliphatic hydroxyl groups excluding tert-OH is 1. The van der Waals surface area contributed by atoms with E-state index in [9.17, 15) is 5.11 Å². The Balaban J connectivity index is 3.21. The van der Waals surface area contributed by atoms with Gasteiger partial charge in [0.25, 0.3) is 0 Å². The molecule has 0 aliphatic rings. The van der Waals surface area contributed by atoms with Gasteiger partial charge in [0.15, 0.2) is 0 Å². The lowest BCUT2D eigenvalue weighted by molar-refractivity contribution is -0.0452. The zero-order valence-electron chi connectivity index (χ0n) is 10.8. The van der Waals surface area contributed by atoms with E-state index in [4.69, 9.17) is 4.74 Å². The maximum atomic E-state index is 9.22. The average molecular weight is 226 g/mol. The van der Waals surface area contributed by atoms with Crippen LogP contribution >= 0.6 is 0 Å². The van der Waals surface area contributed by atoms with Gasteiger partial charge in [-0.05, 0) is 6.42 Å². The maximum absolute atomic E-state index is 9.22. The molecule has 0 radical (unpaired) electrons. The fraction of sp³-hybridized carbons (Fsp3) is 0.857. The summed E-state index contributed by atoms with van der Waals surface area (Å²) in [6.45, 7) is 4.24. The van der Waals surface area contributed by atoms with Crippen LogP contribution in [-0.4, -0.2) is 11.4 Å². The summed E-state index contributed by atoms with van der Waals surface area (Å²) in [7, 11) is 0. The summed E-state index contributed by atoms with van der Waals surface area (Å²) in [5.74, 6) is 2.93. The summed E-state index contributed by atoms with van der Waals surface area (Å²) in [5.41, 5.74) is 0. The SMILES string of the molecule is CCCCCCCCC#COC(O)CCC. The zero-order valence-corrected chi connectivity index (χ0v) is 10.8. The molecule has 0 fully saturated rings. The summed E-state index contributed by atoms with van der Waals surface area (Å²) in [4.78, 5) is 0.